The summed E-state index contributed by atoms with van der Waals surface area (Å²) in [5.41, 5.74) is 0.663. The van der Waals surface area contributed by atoms with E-state index < -0.39 is 35.5 Å². The van der Waals surface area contributed by atoms with E-state index in [1.54, 1.807) is 37.3 Å². The molecule has 12 nitrogen and oxygen atoms in total. The van der Waals surface area contributed by atoms with Gasteiger partial charge in [0.05, 0.1) is 41.0 Å². The number of nitrogens with zero attached hydrogens (tertiary/aromatic N) is 1. The second kappa shape index (κ2) is 12.3. The fraction of sp³-hybridized carbons (Fsp3) is 0.292. The molecular weight excluding hydrogens is 472 g/mol. The van der Waals surface area contributed by atoms with Gasteiger partial charge in [-0.25, -0.2) is 14.4 Å². The topological polar surface area (TPSA) is 158 Å². The Morgan fingerprint density at radius 3 is 2.53 bits per heavy atom. The van der Waals surface area contributed by atoms with Crippen LogP contribution in [0.4, 0.5) is 16.2 Å². The molecule has 36 heavy (non-hydrogen) atoms. The Morgan fingerprint density at radius 1 is 1.11 bits per heavy atom. The van der Waals surface area contributed by atoms with Gasteiger partial charge in [0.25, 0.3) is 5.69 Å². The maximum Gasteiger partial charge on any atom is 0.340 e. The molecule has 190 valence electrons. The largest absolute Gasteiger partial charge is 0.463 e. The fourth-order valence-corrected chi connectivity index (χ4v) is 3.55. The number of rotatable bonds is 11. The van der Waals surface area contributed by atoms with Crippen molar-refractivity contribution < 1.29 is 33.5 Å². The summed E-state index contributed by atoms with van der Waals surface area (Å²) < 4.78 is 15.6. The number of hydrogen-bond donors (Lipinski definition) is 3. The van der Waals surface area contributed by atoms with Gasteiger partial charge in [-0.05, 0) is 18.6 Å². The summed E-state index contributed by atoms with van der Waals surface area (Å²) in [4.78, 5) is 48.8. The monoisotopic (exact) mass is 498 g/mol. The summed E-state index contributed by atoms with van der Waals surface area (Å²) in [5, 5.41) is 19.4. The van der Waals surface area contributed by atoms with E-state index in [0.717, 1.165) is 6.07 Å². The Morgan fingerprint density at radius 2 is 1.86 bits per heavy atom. The van der Waals surface area contributed by atoms with Crippen molar-refractivity contribution in [2.24, 2.45) is 0 Å². The van der Waals surface area contributed by atoms with Gasteiger partial charge in [0.15, 0.2) is 0 Å². The van der Waals surface area contributed by atoms with Gasteiger partial charge in [0.1, 0.15) is 6.61 Å². The second-order valence-electron chi connectivity index (χ2n) is 7.54. The highest BCUT2D eigenvalue weighted by molar-refractivity contribution is 5.97. The molecule has 0 bridgehead atoms. The lowest BCUT2D eigenvalue weighted by atomic mass is 9.95. The summed E-state index contributed by atoms with van der Waals surface area (Å²) in [6.07, 6.45) is 0. The summed E-state index contributed by atoms with van der Waals surface area (Å²) in [6.45, 7) is 1.93. The molecule has 1 unspecified atom stereocenters. The van der Waals surface area contributed by atoms with Gasteiger partial charge < -0.3 is 30.2 Å². The van der Waals surface area contributed by atoms with Gasteiger partial charge >= 0.3 is 18.0 Å². The second-order valence-corrected chi connectivity index (χ2v) is 7.54. The van der Waals surface area contributed by atoms with Crippen LogP contribution in [0.5, 0.6) is 0 Å². The predicted molar refractivity (Wildman–Crippen MR) is 128 cm³/mol. The quantitative estimate of drug-likeness (QED) is 0.183. The number of nitro benzene ring substituents is 1. The number of nitro groups is 1. The molecule has 1 atom stereocenters. The number of nitrogens with one attached hydrogen (secondary N) is 3. The van der Waals surface area contributed by atoms with Crippen molar-refractivity contribution in [1.82, 2.24) is 10.6 Å². The first-order valence-electron chi connectivity index (χ1n) is 11.1. The average molecular weight is 498 g/mol. The van der Waals surface area contributed by atoms with Crippen molar-refractivity contribution >= 4 is 29.3 Å². The van der Waals surface area contributed by atoms with E-state index in [0.29, 0.717) is 24.4 Å². The third kappa shape index (κ3) is 6.36. The van der Waals surface area contributed by atoms with Crippen molar-refractivity contribution in [2.75, 3.05) is 38.8 Å². The van der Waals surface area contributed by atoms with Crippen molar-refractivity contribution in [3.8, 4) is 0 Å². The SMILES string of the molecule is CCOC(=O)C1=C(COC(=O)c2cc([N+](=O)[O-])ccc2NCCOC)NC(=O)NC1c1ccccc1. The molecule has 3 rings (SSSR count). The molecule has 2 amide bonds. The number of urea groups is 1. The molecule has 1 aliphatic heterocycles. The minimum absolute atomic E-state index is 0.0405. The minimum Gasteiger partial charge on any atom is -0.463 e. The first kappa shape index (κ1) is 26.2. The summed E-state index contributed by atoms with van der Waals surface area (Å²) in [5.74, 6) is -1.58. The third-order valence-corrected chi connectivity index (χ3v) is 5.19. The third-order valence-electron chi connectivity index (χ3n) is 5.19. The molecule has 0 aromatic heterocycles. The average Bonchev–Trinajstić information content (AvgIpc) is 2.87. The zero-order chi connectivity index (χ0) is 26.1. The Balaban J connectivity index is 1.92. The van der Waals surface area contributed by atoms with E-state index in [9.17, 15) is 24.5 Å². The smallest absolute Gasteiger partial charge is 0.340 e. The van der Waals surface area contributed by atoms with Crippen molar-refractivity contribution in [1.29, 1.82) is 0 Å². The molecule has 2 aromatic carbocycles. The van der Waals surface area contributed by atoms with Gasteiger partial charge in [0, 0.05) is 31.5 Å². The molecule has 2 aromatic rings. The molecule has 0 aliphatic carbocycles. The van der Waals surface area contributed by atoms with E-state index in [2.05, 4.69) is 16.0 Å². The highest BCUT2D eigenvalue weighted by Gasteiger charge is 2.34. The van der Waals surface area contributed by atoms with Crippen LogP contribution >= 0.6 is 0 Å². The van der Waals surface area contributed by atoms with Crippen LogP contribution in [0.15, 0.2) is 59.8 Å². The van der Waals surface area contributed by atoms with E-state index in [1.807, 2.05) is 0 Å². The molecular formula is C24H26N4O8. The Bertz CT molecular complexity index is 1170. The number of non-ortho nitro benzene ring substituents is 1. The molecule has 0 spiro atoms. The zero-order valence-electron chi connectivity index (χ0n) is 19.7. The number of amides is 2. The van der Waals surface area contributed by atoms with Crippen LogP contribution in [0.3, 0.4) is 0 Å². The van der Waals surface area contributed by atoms with E-state index in [1.165, 1.54) is 19.2 Å². The number of benzene rings is 2. The number of anilines is 1. The Labute approximate surface area is 206 Å². The fourth-order valence-electron chi connectivity index (χ4n) is 3.55. The molecule has 1 aliphatic rings. The number of esters is 2. The molecule has 0 saturated heterocycles. The lowest BCUT2D eigenvalue weighted by Gasteiger charge is -2.29. The first-order valence-corrected chi connectivity index (χ1v) is 11.1. The maximum absolute atomic E-state index is 13.0. The van der Waals surface area contributed by atoms with Crippen LogP contribution in [-0.2, 0) is 19.0 Å². The van der Waals surface area contributed by atoms with Crippen molar-refractivity contribution in [3.63, 3.8) is 0 Å². The summed E-state index contributed by atoms with van der Waals surface area (Å²) >= 11 is 0. The van der Waals surface area contributed by atoms with Gasteiger partial charge in [0.2, 0.25) is 0 Å². The van der Waals surface area contributed by atoms with E-state index in [-0.39, 0.29) is 29.1 Å². The van der Waals surface area contributed by atoms with Crippen LogP contribution in [0.25, 0.3) is 0 Å². The first-order chi connectivity index (χ1) is 17.3. The van der Waals surface area contributed by atoms with Gasteiger partial charge in [-0.3, -0.25) is 10.1 Å². The van der Waals surface area contributed by atoms with Gasteiger partial charge in [-0.2, -0.15) is 0 Å². The summed E-state index contributed by atoms with van der Waals surface area (Å²) in [6, 6.07) is 11.1. The normalized spacial score (nSPS) is 14.9. The highest BCUT2D eigenvalue weighted by atomic mass is 16.6. The Kier molecular flexibility index (Phi) is 8.95. The molecule has 0 radical (unpaired) electrons. The van der Waals surface area contributed by atoms with Crippen LogP contribution in [-0.4, -0.2) is 56.4 Å². The molecule has 3 N–H and O–H groups in total. The van der Waals surface area contributed by atoms with E-state index in [4.69, 9.17) is 14.2 Å². The minimum atomic E-state index is -0.890. The summed E-state index contributed by atoms with van der Waals surface area (Å²) in [7, 11) is 1.51. The number of hydrogen-bond acceptors (Lipinski definition) is 9. The van der Waals surface area contributed by atoms with Crippen LogP contribution in [0, 0.1) is 10.1 Å². The molecule has 1 heterocycles. The molecule has 12 heteroatoms. The van der Waals surface area contributed by atoms with Crippen molar-refractivity contribution in [3.05, 3.63) is 81.0 Å². The number of ether oxygens (including phenoxy) is 3. The lowest BCUT2D eigenvalue weighted by Crippen LogP contribution is -2.47. The predicted octanol–water partition coefficient (Wildman–Crippen LogP) is 2.68. The lowest BCUT2D eigenvalue weighted by molar-refractivity contribution is -0.384. The molecule has 0 saturated carbocycles. The number of carbonyl (C=O) groups excluding carboxylic acids is 3. The van der Waals surface area contributed by atoms with Crippen LogP contribution in [0.2, 0.25) is 0 Å². The zero-order valence-corrected chi connectivity index (χ0v) is 19.7. The van der Waals surface area contributed by atoms with E-state index >= 15 is 0 Å². The van der Waals surface area contributed by atoms with Gasteiger partial charge in [-0.15, -0.1) is 0 Å². The molecule has 0 fully saturated rings. The van der Waals surface area contributed by atoms with Crippen LogP contribution in [0.1, 0.15) is 28.9 Å². The van der Waals surface area contributed by atoms with Crippen LogP contribution < -0.4 is 16.0 Å². The highest BCUT2D eigenvalue weighted by Crippen LogP contribution is 2.28. The Hall–Kier alpha value is -4.45. The van der Waals surface area contributed by atoms with Gasteiger partial charge in [-0.1, -0.05) is 30.3 Å². The number of methoxy groups -OCH3 is 1. The van der Waals surface area contributed by atoms with Crippen molar-refractivity contribution in [2.45, 2.75) is 13.0 Å². The number of carbonyl (C=O) groups is 3. The standard InChI is InChI=1S/C24H26N4O8/c1-3-35-23(30)20-19(26-24(31)27-21(20)15-7-5-4-6-8-15)14-36-22(29)17-13-16(28(32)33)9-10-18(17)25-11-12-34-2/h4-10,13,21,25H,3,11-12,14H2,1-2H3,(H2,26,27,31). The maximum atomic E-state index is 13.0.